The van der Waals surface area contributed by atoms with Crippen LogP contribution in [0.1, 0.15) is 23.6 Å². The van der Waals surface area contributed by atoms with Gasteiger partial charge < -0.3 is 0 Å². The molecule has 0 saturated carbocycles. The second kappa shape index (κ2) is 6.34. The molecule has 0 fully saturated rings. The normalized spacial score (nSPS) is 15.8. The molecule has 0 bridgehead atoms. The van der Waals surface area contributed by atoms with Crippen LogP contribution in [0.15, 0.2) is 51.9 Å². The van der Waals surface area contributed by atoms with Gasteiger partial charge in [-0.1, -0.05) is 12.1 Å². The number of carbonyl (C=O) groups is 1. The topological polar surface area (TPSA) is 59.6 Å². The van der Waals surface area contributed by atoms with Crippen LogP contribution >= 0.6 is 0 Å². The van der Waals surface area contributed by atoms with E-state index in [1.165, 1.54) is 10.6 Å². The van der Waals surface area contributed by atoms with E-state index in [0.29, 0.717) is 11.3 Å². The minimum absolute atomic E-state index is 0.0737. The van der Waals surface area contributed by atoms with E-state index in [-0.39, 0.29) is 11.6 Å². The van der Waals surface area contributed by atoms with Crippen molar-refractivity contribution >= 4 is 34.4 Å². The molecule has 1 aliphatic heterocycles. The highest BCUT2D eigenvalue weighted by molar-refractivity contribution is 6.32. The van der Waals surface area contributed by atoms with Gasteiger partial charge in [0.1, 0.15) is 0 Å². The minimum atomic E-state index is -0.150. The van der Waals surface area contributed by atoms with Crippen LogP contribution in [0.4, 0.5) is 5.69 Å². The molecule has 0 radical (unpaired) electrons. The Hall–Kier alpha value is -3.41. The average Bonchev–Trinajstić information content (AvgIpc) is 3.07. The quantitative estimate of drug-likeness (QED) is 0.646. The summed E-state index contributed by atoms with van der Waals surface area (Å²) in [5.74, 6) is -0.150. The summed E-state index contributed by atoms with van der Waals surface area (Å²) in [5.41, 5.74) is 6.74. The fraction of sp³-hybridized carbons (Fsp3) is 0.227. The fourth-order valence-corrected chi connectivity index (χ4v) is 3.50. The van der Waals surface area contributed by atoms with Crippen LogP contribution in [-0.4, -0.2) is 20.8 Å². The summed E-state index contributed by atoms with van der Waals surface area (Å²) < 4.78 is 3.22. The molecule has 0 saturated heterocycles. The minimum Gasteiger partial charge on any atom is -0.295 e. The van der Waals surface area contributed by atoms with Crippen molar-refractivity contribution in [3.63, 3.8) is 0 Å². The van der Waals surface area contributed by atoms with Crippen molar-refractivity contribution < 1.29 is 4.79 Å². The Bertz CT molecular complexity index is 1260. The van der Waals surface area contributed by atoms with E-state index in [4.69, 9.17) is 0 Å². The summed E-state index contributed by atoms with van der Waals surface area (Å²) in [6.07, 6.45) is 1.83. The van der Waals surface area contributed by atoms with Gasteiger partial charge in [-0.3, -0.25) is 13.9 Å². The van der Waals surface area contributed by atoms with Gasteiger partial charge >= 0.3 is 5.69 Å². The van der Waals surface area contributed by atoms with Crippen LogP contribution in [0, 0.1) is 13.8 Å². The van der Waals surface area contributed by atoms with Crippen molar-refractivity contribution in [3.8, 4) is 0 Å². The standard InChI is InChI=1S/C22H22N4O2/c1-13-6-8-17(10-14(13)2)26-21(27)18(15(3)23-26)11-16-7-9-19-20(12-16)25(5)22(28)24(19)4/h6-12H,1-5H3/b18-11-. The van der Waals surface area contributed by atoms with Crippen LogP contribution in [0.5, 0.6) is 0 Å². The molecular formula is C22H22N4O2. The van der Waals surface area contributed by atoms with Gasteiger partial charge in [-0.25, -0.2) is 4.79 Å². The number of aromatic nitrogens is 2. The monoisotopic (exact) mass is 374 g/mol. The zero-order valence-electron chi connectivity index (χ0n) is 16.6. The predicted molar refractivity (Wildman–Crippen MR) is 113 cm³/mol. The number of hydrazone groups is 1. The first-order valence-electron chi connectivity index (χ1n) is 9.12. The summed E-state index contributed by atoms with van der Waals surface area (Å²) in [5, 5.41) is 5.91. The first-order chi connectivity index (χ1) is 13.3. The maximum atomic E-state index is 13.0. The summed E-state index contributed by atoms with van der Waals surface area (Å²) in [4.78, 5) is 25.1. The number of imidazole rings is 1. The third-order valence-electron chi connectivity index (χ3n) is 5.40. The van der Waals surface area contributed by atoms with Crippen molar-refractivity contribution in [2.24, 2.45) is 19.2 Å². The number of rotatable bonds is 2. The predicted octanol–water partition coefficient (Wildman–Crippen LogP) is 3.30. The van der Waals surface area contributed by atoms with Crippen LogP contribution < -0.4 is 10.7 Å². The van der Waals surface area contributed by atoms with Gasteiger partial charge in [0.2, 0.25) is 0 Å². The highest BCUT2D eigenvalue weighted by atomic mass is 16.2. The summed E-state index contributed by atoms with van der Waals surface area (Å²) in [6, 6.07) is 11.6. The molecule has 0 atom stereocenters. The lowest BCUT2D eigenvalue weighted by molar-refractivity contribution is -0.114. The Morgan fingerprint density at radius 1 is 0.857 bits per heavy atom. The van der Waals surface area contributed by atoms with E-state index < -0.39 is 0 Å². The number of hydrogen-bond acceptors (Lipinski definition) is 3. The van der Waals surface area contributed by atoms with E-state index >= 15 is 0 Å². The lowest BCUT2D eigenvalue weighted by Crippen LogP contribution is -2.21. The number of anilines is 1. The average molecular weight is 374 g/mol. The summed E-state index contributed by atoms with van der Waals surface area (Å²) in [6.45, 7) is 5.89. The van der Waals surface area contributed by atoms with Gasteiger partial charge in [0.05, 0.1) is 28.0 Å². The third-order valence-corrected chi connectivity index (χ3v) is 5.40. The second-order valence-electron chi connectivity index (χ2n) is 7.28. The Kier molecular flexibility index (Phi) is 4.07. The van der Waals surface area contributed by atoms with E-state index in [1.807, 2.05) is 63.2 Å². The lowest BCUT2D eigenvalue weighted by Gasteiger charge is -2.13. The maximum absolute atomic E-state index is 13.0. The van der Waals surface area contributed by atoms with E-state index in [1.54, 1.807) is 23.2 Å². The number of amides is 1. The van der Waals surface area contributed by atoms with Crippen molar-refractivity contribution in [3.05, 3.63) is 69.1 Å². The van der Waals surface area contributed by atoms with Crippen LogP contribution in [0.2, 0.25) is 0 Å². The zero-order chi connectivity index (χ0) is 20.2. The molecular weight excluding hydrogens is 352 g/mol. The Labute approximate surface area is 163 Å². The van der Waals surface area contributed by atoms with Crippen LogP contribution in [-0.2, 0) is 18.9 Å². The van der Waals surface area contributed by atoms with Crippen molar-refractivity contribution in [1.82, 2.24) is 9.13 Å². The van der Waals surface area contributed by atoms with Crippen molar-refractivity contribution in [1.29, 1.82) is 0 Å². The van der Waals surface area contributed by atoms with Crippen molar-refractivity contribution in [2.75, 3.05) is 5.01 Å². The Balaban J connectivity index is 1.74. The number of benzene rings is 2. The van der Waals surface area contributed by atoms with Gasteiger partial charge in [0, 0.05) is 14.1 Å². The molecule has 28 heavy (non-hydrogen) atoms. The molecule has 142 valence electrons. The third kappa shape index (κ3) is 2.69. The summed E-state index contributed by atoms with van der Waals surface area (Å²) >= 11 is 0. The van der Waals surface area contributed by atoms with Crippen LogP contribution in [0.3, 0.4) is 0 Å². The molecule has 1 amide bonds. The highest BCUT2D eigenvalue weighted by Crippen LogP contribution is 2.27. The molecule has 4 rings (SSSR count). The smallest absolute Gasteiger partial charge is 0.295 e. The second-order valence-corrected chi connectivity index (χ2v) is 7.28. The Morgan fingerprint density at radius 3 is 2.29 bits per heavy atom. The molecule has 0 unspecified atom stereocenters. The molecule has 2 heterocycles. The number of aryl methyl sites for hydroxylation is 4. The highest BCUT2D eigenvalue weighted by Gasteiger charge is 2.28. The van der Waals surface area contributed by atoms with Crippen molar-refractivity contribution in [2.45, 2.75) is 20.8 Å². The molecule has 6 nitrogen and oxygen atoms in total. The van der Waals surface area contributed by atoms with Gasteiger partial charge in [0.15, 0.2) is 0 Å². The lowest BCUT2D eigenvalue weighted by atomic mass is 10.1. The van der Waals surface area contributed by atoms with Gasteiger partial charge in [0.25, 0.3) is 5.91 Å². The molecule has 3 aromatic rings. The molecule has 0 N–H and O–H groups in total. The largest absolute Gasteiger partial charge is 0.328 e. The van der Waals surface area contributed by atoms with Gasteiger partial charge in [-0.05, 0) is 67.8 Å². The molecule has 1 aliphatic rings. The number of hydrogen-bond donors (Lipinski definition) is 0. The molecule has 2 aromatic carbocycles. The first kappa shape index (κ1) is 18.0. The molecule has 0 spiro atoms. The molecule has 0 aliphatic carbocycles. The van der Waals surface area contributed by atoms with Gasteiger partial charge in [-0.2, -0.15) is 10.1 Å². The van der Waals surface area contributed by atoms with E-state index in [9.17, 15) is 9.59 Å². The van der Waals surface area contributed by atoms with E-state index in [0.717, 1.165) is 27.8 Å². The number of carbonyl (C=O) groups excluding carboxylic acids is 1. The number of nitrogens with zero attached hydrogens (tertiary/aromatic N) is 4. The summed E-state index contributed by atoms with van der Waals surface area (Å²) in [7, 11) is 3.50. The van der Waals surface area contributed by atoms with Crippen LogP contribution in [0.25, 0.3) is 17.1 Å². The first-order valence-corrected chi connectivity index (χ1v) is 9.12. The SMILES string of the molecule is CC1=NN(c2ccc(C)c(C)c2)C(=O)/C1=C\c1ccc2c(c1)n(C)c(=O)n2C. The molecule has 6 heteroatoms. The molecule has 1 aromatic heterocycles. The number of fused-ring (bicyclic) bond motifs is 1. The zero-order valence-corrected chi connectivity index (χ0v) is 16.6. The Morgan fingerprint density at radius 2 is 1.57 bits per heavy atom. The van der Waals surface area contributed by atoms with E-state index in [2.05, 4.69) is 5.10 Å². The van der Waals surface area contributed by atoms with Gasteiger partial charge in [-0.15, -0.1) is 0 Å². The maximum Gasteiger partial charge on any atom is 0.328 e. The fourth-order valence-electron chi connectivity index (χ4n) is 3.50.